The third kappa shape index (κ3) is 3.91. The quantitative estimate of drug-likeness (QED) is 0.662. The van der Waals surface area contributed by atoms with E-state index >= 15 is 0 Å². The van der Waals surface area contributed by atoms with Gasteiger partial charge in [-0.05, 0) is 29.8 Å². The van der Waals surface area contributed by atoms with Crippen molar-refractivity contribution in [2.24, 2.45) is 5.10 Å². The van der Waals surface area contributed by atoms with E-state index in [-0.39, 0.29) is 23.9 Å². The van der Waals surface area contributed by atoms with Crippen molar-refractivity contribution in [3.63, 3.8) is 0 Å². The molecule has 0 radical (unpaired) electrons. The molecule has 5 heteroatoms. The molecule has 102 valence electrons. The number of phenols is 1. The zero-order valence-corrected chi connectivity index (χ0v) is 10.6. The summed E-state index contributed by atoms with van der Waals surface area (Å²) in [7, 11) is 0. The molecular formula is C15H13FN2O2. The van der Waals surface area contributed by atoms with E-state index in [0.29, 0.717) is 11.1 Å². The van der Waals surface area contributed by atoms with Gasteiger partial charge in [-0.2, -0.15) is 5.10 Å². The van der Waals surface area contributed by atoms with Crippen molar-refractivity contribution >= 4 is 12.1 Å². The molecule has 2 aromatic carbocycles. The number of halogens is 1. The fraction of sp³-hybridized carbons (Fsp3) is 0.0667. The molecule has 0 saturated carbocycles. The fourth-order valence-corrected chi connectivity index (χ4v) is 1.60. The van der Waals surface area contributed by atoms with Crippen LogP contribution in [-0.2, 0) is 11.2 Å². The highest BCUT2D eigenvalue weighted by Gasteiger charge is 2.02. The zero-order valence-electron chi connectivity index (χ0n) is 10.6. The third-order valence-corrected chi connectivity index (χ3v) is 2.61. The van der Waals surface area contributed by atoms with E-state index in [1.807, 2.05) is 0 Å². The lowest BCUT2D eigenvalue weighted by atomic mass is 10.1. The molecule has 0 atom stereocenters. The van der Waals surface area contributed by atoms with Crippen LogP contribution in [0.4, 0.5) is 4.39 Å². The summed E-state index contributed by atoms with van der Waals surface area (Å²) in [5.74, 6) is -0.570. The monoisotopic (exact) mass is 272 g/mol. The Labute approximate surface area is 115 Å². The second kappa shape index (κ2) is 6.47. The zero-order chi connectivity index (χ0) is 14.4. The summed E-state index contributed by atoms with van der Waals surface area (Å²) in [6, 6.07) is 12.3. The SMILES string of the molecule is O=C(Cc1ccc(F)cc1)NN=Cc1ccccc1O. The molecule has 20 heavy (non-hydrogen) atoms. The summed E-state index contributed by atoms with van der Waals surface area (Å²) >= 11 is 0. The second-order valence-corrected chi connectivity index (χ2v) is 4.16. The highest BCUT2D eigenvalue weighted by Crippen LogP contribution is 2.12. The maximum atomic E-state index is 12.7. The summed E-state index contributed by atoms with van der Waals surface area (Å²) in [6.45, 7) is 0. The Morgan fingerprint density at radius 2 is 1.90 bits per heavy atom. The molecule has 0 heterocycles. The number of hydrogen-bond acceptors (Lipinski definition) is 3. The van der Waals surface area contributed by atoms with E-state index in [2.05, 4.69) is 10.5 Å². The lowest BCUT2D eigenvalue weighted by Crippen LogP contribution is -2.19. The average molecular weight is 272 g/mol. The van der Waals surface area contributed by atoms with Crippen LogP contribution >= 0.6 is 0 Å². The number of carbonyl (C=O) groups is 1. The third-order valence-electron chi connectivity index (χ3n) is 2.61. The van der Waals surface area contributed by atoms with E-state index in [1.54, 1.807) is 30.3 Å². The minimum atomic E-state index is -0.341. The van der Waals surface area contributed by atoms with Crippen molar-refractivity contribution < 1.29 is 14.3 Å². The molecule has 0 aromatic heterocycles. The molecule has 2 N–H and O–H groups in total. The molecule has 2 aromatic rings. The van der Waals surface area contributed by atoms with Crippen LogP contribution in [0, 0.1) is 5.82 Å². The van der Waals surface area contributed by atoms with Crippen LogP contribution in [0.1, 0.15) is 11.1 Å². The van der Waals surface area contributed by atoms with Gasteiger partial charge in [-0.3, -0.25) is 4.79 Å². The van der Waals surface area contributed by atoms with Gasteiger partial charge in [0.05, 0.1) is 12.6 Å². The molecule has 1 amide bonds. The van der Waals surface area contributed by atoms with Crippen molar-refractivity contribution in [1.29, 1.82) is 0 Å². The number of nitrogens with zero attached hydrogens (tertiary/aromatic N) is 1. The summed E-state index contributed by atoms with van der Waals surface area (Å²) in [5, 5.41) is 13.3. The predicted molar refractivity (Wildman–Crippen MR) is 73.9 cm³/mol. The maximum Gasteiger partial charge on any atom is 0.244 e. The Morgan fingerprint density at radius 3 is 2.60 bits per heavy atom. The summed E-state index contributed by atoms with van der Waals surface area (Å²) in [6.07, 6.45) is 1.47. The molecule has 0 fully saturated rings. The van der Waals surface area contributed by atoms with Crippen molar-refractivity contribution in [3.05, 3.63) is 65.5 Å². The van der Waals surface area contributed by atoms with Crippen molar-refractivity contribution in [3.8, 4) is 5.75 Å². The van der Waals surface area contributed by atoms with Crippen LogP contribution < -0.4 is 5.43 Å². The highest BCUT2D eigenvalue weighted by molar-refractivity contribution is 5.85. The fourth-order valence-electron chi connectivity index (χ4n) is 1.60. The van der Waals surface area contributed by atoms with Crippen LogP contribution in [0.15, 0.2) is 53.6 Å². The Morgan fingerprint density at radius 1 is 1.20 bits per heavy atom. The van der Waals surface area contributed by atoms with Crippen LogP contribution in [-0.4, -0.2) is 17.2 Å². The molecule has 4 nitrogen and oxygen atoms in total. The van der Waals surface area contributed by atoms with Gasteiger partial charge < -0.3 is 5.11 Å². The number of hydrogen-bond donors (Lipinski definition) is 2. The van der Waals surface area contributed by atoms with Crippen molar-refractivity contribution in [1.82, 2.24) is 5.43 Å². The first-order valence-corrected chi connectivity index (χ1v) is 5.99. The molecule has 0 aliphatic rings. The number of rotatable bonds is 4. The first-order valence-electron chi connectivity index (χ1n) is 5.99. The summed E-state index contributed by atoms with van der Waals surface area (Å²) in [4.78, 5) is 11.6. The smallest absolute Gasteiger partial charge is 0.244 e. The Balaban J connectivity index is 1.89. The molecule has 0 unspecified atom stereocenters. The van der Waals surface area contributed by atoms with E-state index in [1.165, 1.54) is 24.4 Å². The van der Waals surface area contributed by atoms with Gasteiger partial charge >= 0.3 is 0 Å². The number of para-hydroxylation sites is 1. The van der Waals surface area contributed by atoms with Gasteiger partial charge in [0.1, 0.15) is 11.6 Å². The lowest BCUT2D eigenvalue weighted by Gasteiger charge is -2.01. The highest BCUT2D eigenvalue weighted by atomic mass is 19.1. The summed E-state index contributed by atoms with van der Waals surface area (Å²) in [5.41, 5.74) is 3.55. The van der Waals surface area contributed by atoms with Crippen LogP contribution in [0.5, 0.6) is 5.75 Å². The number of carbonyl (C=O) groups excluding carboxylic acids is 1. The Bertz CT molecular complexity index is 624. The maximum absolute atomic E-state index is 12.7. The van der Waals surface area contributed by atoms with E-state index in [0.717, 1.165) is 0 Å². The topological polar surface area (TPSA) is 61.7 Å². The molecule has 0 saturated heterocycles. The Hall–Kier alpha value is -2.69. The molecule has 2 rings (SSSR count). The largest absolute Gasteiger partial charge is 0.507 e. The molecule has 0 aliphatic heterocycles. The normalized spacial score (nSPS) is 10.7. The van der Waals surface area contributed by atoms with Crippen LogP contribution in [0.3, 0.4) is 0 Å². The minimum absolute atomic E-state index is 0.0871. The van der Waals surface area contributed by atoms with Gasteiger partial charge in [0.15, 0.2) is 0 Å². The number of benzene rings is 2. The minimum Gasteiger partial charge on any atom is -0.507 e. The molecule has 0 aliphatic carbocycles. The molecular weight excluding hydrogens is 259 g/mol. The average Bonchev–Trinajstić information content (AvgIpc) is 2.43. The van der Waals surface area contributed by atoms with Crippen molar-refractivity contribution in [2.75, 3.05) is 0 Å². The number of phenolic OH excluding ortho intramolecular Hbond substituents is 1. The van der Waals surface area contributed by atoms with Crippen LogP contribution in [0.25, 0.3) is 0 Å². The first kappa shape index (κ1) is 13.7. The Kier molecular flexibility index (Phi) is 4.44. The summed E-state index contributed by atoms with van der Waals surface area (Å²) < 4.78 is 12.7. The van der Waals surface area contributed by atoms with Gasteiger partial charge in [-0.25, -0.2) is 9.82 Å². The molecule has 0 spiro atoms. The van der Waals surface area contributed by atoms with Gasteiger partial charge in [0.2, 0.25) is 5.91 Å². The number of amides is 1. The van der Waals surface area contributed by atoms with Crippen LogP contribution in [0.2, 0.25) is 0 Å². The first-order chi connectivity index (χ1) is 9.65. The number of hydrazone groups is 1. The van der Waals surface area contributed by atoms with Gasteiger partial charge in [0, 0.05) is 5.56 Å². The van der Waals surface area contributed by atoms with E-state index in [9.17, 15) is 14.3 Å². The second-order valence-electron chi connectivity index (χ2n) is 4.16. The number of aromatic hydroxyl groups is 1. The van der Waals surface area contributed by atoms with Gasteiger partial charge in [-0.1, -0.05) is 24.3 Å². The van der Waals surface area contributed by atoms with E-state index < -0.39 is 0 Å². The van der Waals surface area contributed by atoms with Gasteiger partial charge in [-0.15, -0.1) is 0 Å². The van der Waals surface area contributed by atoms with Crippen molar-refractivity contribution in [2.45, 2.75) is 6.42 Å². The number of nitrogens with one attached hydrogen (secondary N) is 1. The molecule has 0 bridgehead atoms. The predicted octanol–water partition coefficient (Wildman–Crippen LogP) is 2.22. The lowest BCUT2D eigenvalue weighted by molar-refractivity contribution is -0.120. The van der Waals surface area contributed by atoms with Gasteiger partial charge in [0.25, 0.3) is 0 Å². The standard InChI is InChI=1S/C15H13FN2O2/c16-13-7-5-11(6-8-13)9-15(20)18-17-10-12-3-1-2-4-14(12)19/h1-8,10,19H,9H2,(H,18,20). The van der Waals surface area contributed by atoms with E-state index in [4.69, 9.17) is 0 Å².